The molecule has 0 atom stereocenters. The maximum atomic E-state index is 10.8. The number of aromatic amines is 1. The number of hydrogen-bond donors (Lipinski definition) is 2. The van der Waals surface area contributed by atoms with E-state index in [1.54, 1.807) is 18.2 Å². The summed E-state index contributed by atoms with van der Waals surface area (Å²) in [5, 5.41) is 36.9. The lowest BCUT2D eigenvalue weighted by Crippen LogP contribution is -2.06. The van der Waals surface area contributed by atoms with Gasteiger partial charge in [0.15, 0.2) is 4.77 Å². The lowest BCUT2D eigenvalue weighted by Gasteiger charge is -2.21. The highest BCUT2D eigenvalue weighted by Crippen LogP contribution is 2.21. The van der Waals surface area contributed by atoms with Gasteiger partial charge in [0.05, 0.1) is 16.7 Å². The third-order valence-corrected chi connectivity index (χ3v) is 2.72. The van der Waals surface area contributed by atoms with E-state index in [4.69, 9.17) is 27.9 Å². The van der Waals surface area contributed by atoms with Crippen molar-refractivity contribution in [2.75, 3.05) is 5.23 Å². The first-order chi connectivity index (χ1) is 9.06. The highest BCUT2D eigenvalue weighted by Gasteiger charge is 2.05. The zero-order valence-electron chi connectivity index (χ0n) is 9.36. The Morgan fingerprint density at radius 2 is 2.16 bits per heavy atom. The van der Waals surface area contributed by atoms with Crippen LogP contribution in [0.2, 0.25) is 0 Å². The first kappa shape index (κ1) is 12.8. The van der Waals surface area contributed by atoms with Gasteiger partial charge in [-0.05, 0) is 30.4 Å². The van der Waals surface area contributed by atoms with Crippen LogP contribution < -0.4 is 5.23 Å². The summed E-state index contributed by atoms with van der Waals surface area (Å²) in [6.07, 6.45) is 1.26. The molecule has 0 saturated carbocycles. The van der Waals surface area contributed by atoms with E-state index in [2.05, 4.69) is 4.98 Å². The quantitative estimate of drug-likeness (QED) is 0.492. The summed E-state index contributed by atoms with van der Waals surface area (Å²) in [4.78, 5) is 2.86. The molecule has 7 nitrogen and oxygen atoms in total. The van der Waals surface area contributed by atoms with Crippen molar-refractivity contribution in [3.05, 3.63) is 33.8 Å². The summed E-state index contributed by atoms with van der Waals surface area (Å²) in [7, 11) is 0. The lowest BCUT2D eigenvalue weighted by atomic mass is 10.2. The Morgan fingerprint density at radius 3 is 2.74 bits per heavy atom. The second kappa shape index (κ2) is 4.92. The molecular weight excluding hydrogens is 266 g/mol. The minimum Gasteiger partial charge on any atom is -0.733 e. The van der Waals surface area contributed by atoms with Gasteiger partial charge in [0.25, 0.3) is 0 Å². The van der Waals surface area contributed by atoms with Crippen molar-refractivity contribution in [3.63, 3.8) is 0 Å². The topological polar surface area (TPSA) is 115 Å². The molecule has 1 aromatic carbocycles. The van der Waals surface area contributed by atoms with Crippen LogP contribution in [0.1, 0.15) is 0 Å². The van der Waals surface area contributed by atoms with E-state index in [9.17, 15) is 5.21 Å². The molecule has 1 heterocycles. The summed E-state index contributed by atoms with van der Waals surface area (Å²) in [6, 6.07) is 7.79. The SMILES string of the molecule is N#CC(C#N)=Cn1c(=S)[nH]c2ccc(N([O-])O)cc21. The second-order valence-corrected chi connectivity index (χ2v) is 3.93. The van der Waals surface area contributed by atoms with Crippen molar-refractivity contribution in [2.45, 2.75) is 0 Å². The van der Waals surface area contributed by atoms with E-state index in [-0.39, 0.29) is 21.3 Å². The molecule has 19 heavy (non-hydrogen) atoms. The van der Waals surface area contributed by atoms with Crippen molar-refractivity contribution < 1.29 is 5.21 Å². The average molecular weight is 272 g/mol. The van der Waals surface area contributed by atoms with E-state index in [1.807, 2.05) is 0 Å². The highest BCUT2D eigenvalue weighted by molar-refractivity contribution is 7.71. The molecule has 1 aromatic heterocycles. The normalized spacial score (nSPS) is 9.68. The third kappa shape index (κ3) is 2.32. The van der Waals surface area contributed by atoms with Gasteiger partial charge >= 0.3 is 0 Å². The highest BCUT2D eigenvalue weighted by atomic mass is 32.1. The molecule has 94 valence electrons. The summed E-state index contributed by atoms with van der Waals surface area (Å²) >= 11 is 5.07. The number of benzene rings is 1. The fraction of sp³-hybridized carbons (Fsp3) is 0. The van der Waals surface area contributed by atoms with Crippen LogP contribution in [0.3, 0.4) is 0 Å². The largest absolute Gasteiger partial charge is 0.733 e. The molecule has 0 saturated heterocycles. The molecule has 0 amide bonds. The molecule has 2 rings (SSSR count). The summed E-state index contributed by atoms with van der Waals surface area (Å²) in [5.41, 5.74) is 0.965. The van der Waals surface area contributed by atoms with E-state index in [0.717, 1.165) is 0 Å². The van der Waals surface area contributed by atoms with Crippen LogP contribution in [-0.2, 0) is 0 Å². The maximum absolute atomic E-state index is 10.8. The summed E-state index contributed by atoms with van der Waals surface area (Å²) < 4.78 is 1.66. The third-order valence-electron chi connectivity index (χ3n) is 2.42. The number of imidazole rings is 1. The van der Waals surface area contributed by atoms with Gasteiger partial charge in [-0.15, -0.1) is 0 Å². The molecule has 0 aliphatic rings. The van der Waals surface area contributed by atoms with Crippen LogP contribution in [0.5, 0.6) is 0 Å². The molecule has 0 spiro atoms. The van der Waals surface area contributed by atoms with Crippen molar-refractivity contribution >= 4 is 35.1 Å². The van der Waals surface area contributed by atoms with Crippen LogP contribution in [0.4, 0.5) is 5.69 Å². The molecular formula is C11H6N5O2S-. The van der Waals surface area contributed by atoms with Crippen molar-refractivity contribution in [1.82, 2.24) is 9.55 Å². The number of H-pyrrole nitrogens is 1. The molecule has 0 fully saturated rings. The molecule has 0 bridgehead atoms. The Balaban J connectivity index is 2.74. The summed E-state index contributed by atoms with van der Waals surface area (Å²) in [6.45, 7) is 0. The smallest absolute Gasteiger partial charge is 0.182 e. The zero-order valence-corrected chi connectivity index (χ0v) is 10.2. The monoisotopic (exact) mass is 272 g/mol. The fourth-order valence-electron chi connectivity index (χ4n) is 1.57. The number of aromatic nitrogens is 2. The summed E-state index contributed by atoms with van der Waals surface area (Å²) in [5.74, 6) is 0. The Kier molecular flexibility index (Phi) is 3.31. The van der Waals surface area contributed by atoms with Gasteiger partial charge in [-0.3, -0.25) is 9.77 Å². The van der Waals surface area contributed by atoms with Gasteiger partial charge in [0.1, 0.15) is 17.7 Å². The Morgan fingerprint density at radius 1 is 1.47 bits per heavy atom. The van der Waals surface area contributed by atoms with E-state index >= 15 is 0 Å². The van der Waals surface area contributed by atoms with Gasteiger partial charge in [-0.2, -0.15) is 10.5 Å². The van der Waals surface area contributed by atoms with Crippen LogP contribution >= 0.6 is 12.2 Å². The number of hydrogen-bond acceptors (Lipinski definition) is 6. The van der Waals surface area contributed by atoms with Gasteiger partial charge < -0.3 is 15.4 Å². The Labute approximate surface area is 112 Å². The molecule has 2 aromatic rings. The van der Waals surface area contributed by atoms with E-state index in [0.29, 0.717) is 11.0 Å². The van der Waals surface area contributed by atoms with Crippen molar-refractivity contribution in [1.29, 1.82) is 10.5 Å². The zero-order chi connectivity index (χ0) is 14.0. The van der Waals surface area contributed by atoms with Gasteiger partial charge in [-0.25, -0.2) is 0 Å². The number of rotatable bonds is 2. The van der Waals surface area contributed by atoms with Gasteiger partial charge in [-0.1, -0.05) is 0 Å². The first-order valence-corrected chi connectivity index (χ1v) is 5.40. The molecule has 8 heteroatoms. The molecule has 0 radical (unpaired) electrons. The number of anilines is 1. The molecule has 0 unspecified atom stereocenters. The van der Waals surface area contributed by atoms with Crippen molar-refractivity contribution in [3.8, 4) is 12.1 Å². The standard InChI is InChI=1S/C11H6N5O2S/c12-4-7(5-13)6-15-10-3-8(16(17)18)1-2-9(10)14-11(15)19/h1-3,6,17H,(H,14,19)/q-1. The number of allylic oxidation sites excluding steroid dienone is 1. The maximum Gasteiger partial charge on any atom is 0.182 e. The minimum atomic E-state index is -0.279. The Bertz CT molecular complexity index is 787. The predicted molar refractivity (Wildman–Crippen MR) is 70.3 cm³/mol. The predicted octanol–water partition coefficient (Wildman–Crippen LogP) is 2.28. The minimum absolute atomic E-state index is 0.0131. The number of nitrogens with zero attached hydrogens (tertiary/aromatic N) is 4. The molecule has 2 N–H and O–H groups in total. The lowest BCUT2D eigenvalue weighted by molar-refractivity contribution is 0.296. The fourth-order valence-corrected chi connectivity index (χ4v) is 1.83. The van der Waals surface area contributed by atoms with Crippen LogP contribution in [-0.4, -0.2) is 14.8 Å². The average Bonchev–Trinajstić information content (AvgIpc) is 2.70. The van der Waals surface area contributed by atoms with Crippen LogP contribution in [0.25, 0.3) is 17.2 Å². The number of fused-ring (bicyclic) bond motifs is 1. The Hall–Kier alpha value is -2.65. The first-order valence-electron chi connectivity index (χ1n) is 4.99. The van der Waals surface area contributed by atoms with Crippen molar-refractivity contribution in [2.24, 2.45) is 0 Å². The number of nitrogens with one attached hydrogen (secondary N) is 1. The van der Waals surface area contributed by atoms with E-state index in [1.165, 1.54) is 22.9 Å². The van der Waals surface area contributed by atoms with Gasteiger partial charge in [0.2, 0.25) is 0 Å². The number of nitriles is 2. The second-order valence-electron chi connectivity index (χ2n) is 3.54. The molecule has 0 aliphatic carbocycles. The van der Waals surface area contributed by atoms with Gasteiger partial charge in [0, 0.05) is 6.20 Å². The van der Waals surface area contributed by atoms with E-state index < -0.39 is 0 Å². The van der Waals surface area contributed by atoms with Crippen LogP contribution in [0.15, 0.2) is 23.8 Å². The molecule has 0 aliphatic heterocycles. The van der Waals surface area contributed by atoms with Crippen LogP contribution in [0, 0.1) is 32.6 Å².